The molecule has 0 N–H and O–H groups in total. The highest BCUT2D eigenvalue weighted by Crippen LogP contribution is 2.30. The SMILES string of the molecule is COC(=O)c1c(-c2ccc(OCCN3CCCC3)cc2)nn(-c2ccccc2)c1C(=O)OC. The van der Waals surface area contributed by atoms with Crippen molar-refractivity contribution in [3.8, 4) is 22.7 Å². The molecule has 0 radical (unpaired) electrons. The maximum atomic E-state index is 12.7. The normalized spacial score (nSPS) is 13.6. The van der Waals surface area contributed by atoms with Gasteiger partial charge in [-0.1, -0.05) is 18.2 Å². The second-order valence-corrected chi connectivity index (χ2v) is 7.72. The Kier molecular flexibility index (Phi) is 7.04. The van der Waals surface area contributed by atoms with Crippen molar-refractivity contribution in [1.82, 2.24) is 14.7 Å². The molecule has 0 aliphatic carbocycles. The Bertz CT molecular complexity index is 1100. The van der Waals surface area contributed by atoms with Crippen LogP contribution in [0.2, 0.25) is 0 Å². The van der Waals surface area contributed by atoms with E-state index in [1.165, 1.54) is 31.7 Å². The highest BCUT2D eigenvalue weighted by atomic mass is 16.5. The van der Waals surface area contributed by atoms with E-state index in [2.05, 4.69) is 10.00 Å². The molecule has 0 spiro atoms. The smallest absolute Gasteiger partial charge is 0.357 e. The quantitative estimate of drug-likeness (QED) is 0.486. The number of benzene rings is 2. The summed E-state index contributed by atoms with van der Waals surface area (Å²) in [6, 6.07) is 16.4. The summed E-state index contributed by atoms with van der Waals surface area (Å²) in [7, 11) is 2.53. The van der Waals surface area contributed by atoms with Crippen LogP contribution in [0.4, 0.5) is 0 Å². The Labute approximate surface area is 192 Å². The Morgan fingerprint density at radius 3 is 2.21 bits per heavy atom. The van der Waals surface area contributed by atoms with Gasteiger partial charge in [0.15, 0.2) is 5.69 Å². The maximum absolute atomic E-state index is 12.7. The van der Waals surface area contributed by atoms with Crippen LogP contribution in [-0.4, -0.2) is 67.1 Å². The summed E-state index contributed by atoms with van der Waals surface area (Å²) in [6.45, 7) is 3.77. The molecule has 3 aromatic rings. The average molecular weight is 450 g/mol. The van der Waals surface area contributed by atoms with E-state index in [4.69, 9.17) is 14.2 Å². The summed E-state index contributed by atoms with van der Waals surface area (Å²) < 4.78 is 17.2. The Morgan fingerprint density at radius 2 is 1.58 bits per heavy atom. The van der Waals surface area contributed by atoms with Crippen molar-refractivity contribution in [3.63, 3.8) is 0 Å². The fraction of sp³-hybridized carbons (Fsp3) is 0.320. The van der Waals surface area contributed by atoms with Gasteiger partial charge in [-0.05, 0) is 62.3 Å². The number of aromatic nitrogens is 2. The molecule has 0 atom stereocenters. The van der Waals surface area contributed by atoms with E-state index in [0.29, 0.717) is 23.6 Å². The monoisotopic (exact) mass is 449 g/mol. The van der Waals surface area contributed by atoms with E-state index in [0.717, 1.165) is 25.4 Å². The fourth-order valence-corrected chi connectivity index (χ4v) is 3.96. The largest absolute Gasteiger partial charge is 0.492 e. The Balaban J connectivity index is 1.66. The molecule has 1 aromatic heterocycles. The van der Waals surface area contributed by atoms with Crippen LogP contribution >= 0.6 is 0 Å². The summed E-state index contributed by atoms with van der Waals surface area (Å²) in [5.74, 6) is -0.619. The maximum Gasteiger partial charge on any atom is 0.357 e. The molecule has 0 amide bonds. The number of carbonyl (C=O) groups excluding carboxylic acids is 2. The van der Waals surface area contributed by atoms with Gasteiger partial charge in [0.25, 0.3) is 0 Å². The Morgan fingerprint density at radius 1 is 0.909 bits per heavy atom. The number of carbonyl (C=O) groups is 2. The molecular weight excluding hydrogens is 422 g/mol. The van der Waals surface area contributed by atoms with Crippen LogP contribution in [0.15, 0.2) is 54.6 Å². The van der Waals surface area contributed by atoms with Gasteiger partial charge in [0.2, 0.25) is 0 Å². The van der Waals surface area contributed by atoms with Crippen LogP contribution in [0, 0.1) is 0 Å². The number of likely N-dealkylation sites (tertiary alicyclic amines) is 1. The van der Waals surface area contributed by atoms with Gasteiger partial charge in [-0.15, -0.1) is 0 Å². The third kappa shape index (κ3) is 4.90. The molecule has 172 valence electrons. The molecule has 33 heavy (non-hydrogen) atoms. The fourth-order valence-electron chi connectivity index (χ4n) is 3.96. The van der Waals surface area contributed by atoms with Crippen molar-refractivity contribution in [1.29, 1.82) is 0 Å². The van der Waals surface area contributed by atoms with E-state index in [1.54, 1.807) is 12.1 Å². The van der Waals surface area contributed by atoms with Crippen molar-refractivity contribution in [3.05, 3.63) is 65.9 Å². The van der Waals surface area contributed by atoms with Gasteiger partial charge < -0.3 is 14.2 Å². The van der Waals surface area contributed by atoms with E-state index >= 15 is 0 Å². The lowest BCUT2D eigenvalue weighted by atomic mass is 10.1. The number of nitrogens with zero attached hydrogens (tertiary/aromatic N) is 3. The number of methoxy groups -OCH3 is 2. The zero-order valence-electron chi connectivity index (χ0n) is 18.8. The van der Waals surface area contributed by atoms with Crippen molar-refractivity contribution in [2.75, 3.05) is 40.5 Å². The van der Waals surface area contributed by atoms with E-state index in [-0.39, 0.29) is 11.3 Å². The minimum atomic E-state index is -0.681. The van der Waals surface area contributed by atoms with Crippen molar-refractivity contribution < 1.29 is 23.8 Å². The molecule has 2 heterocycles. The molecule has 8 heteroatoms. The van der Waals surface area contributed by atoms with Crippen LogP contribution in [0.3, 0.4) is 0 Å². The third-order valence-corrected chi connectivity index (χ3v) is 5.66. The molecule has 4 rings (SSSR count). The zero-order valence-corrected chi connectivity index (χ0v) is 18.8. The van der Waals surface area contributed by atoms with Crippen molar-refractivity contribution in [2.24, 2.45) is 0 Å². The third-order valence-electron chi connectivity index (χ3n) is 5.66. The second kappa shape index (κ2) is 10.3. The summed E-state index contributed by atoms with van der Waals surface area (Å²) in [4.78, 5) is 27.8. The number of esters is 2. The van der Waals surface area contributed by atoms with E-state index in [1.807, 2.05) is 42.5 Å². The molecule has 0 bridgehead atoms. The van der Waals surface area contributed by atoms with Crippen LogP contribution in [0.25, 0.3) is 16.9 Å². The predicted molar refractivity (Wildman–Crippen MR) is 123 cm³/mol. The second-order valence-electron chi connectivity index (χ2n) is 7.72. The first-order chi connectivity index (χ1) is 16.1. The lowest BCUT2D eigenvalue weighted by Crippen LogP contribution is -2.25. The number of ether oxygens (including phenoxy) is 3. The van der Waals surface area contributed by atoms with Gasteiger partial charge in [0.05, 0.1) is 19.9 Å². The molecule has 0 unspecified atom stereocenters. The minimum Gasteiger partial charge on any atom is -0.492 e. The highest BCUT2D eigenvalue weighted by molar-refractivity contribution is 6.06. The highest BCUT2D eigenvalue weighted by Gasteiger charge is 2.31. The summed E-state index contributed by atoms with van der Waals surface area (Å²) in [5, 5.41) is 4.60. The molecule has 0 saturated carbocycles. The molecule has 1 saturated heterocycles. The van der Waals surface area contributed by atoms with Gasteiger partial charge >= 0.3 is 11.9 Å². The first kappa shape index (κ1) is 22.5. The molecular formula is C25H27N3O5. The van der Waals surface area contributed by atoms with Gasteiger partial charge in [0.1, 0.15) is 23.6 Å². The number of hydrogen-bond donors (Lipinski definition) is 0. The Hall–Kier alpha value is -3.65. The zero-order chi connectivity index (χ0) is 23.2. The summed E-state index contributed by atoms with van der Waals surface area (Å²) >= 11 is 0. The van der Waals surface area contributed by atoms with E-state index in [9.17, 15) is 9.59 Å². The van der Waals surface area contributed by atoms with Crippen molar-refractivity contribution >= 4 is 11.9 Å². The molecule has 2 aromatic carbocycles. The topological polar surface area (TPSA) is 82.9 Å². The minimum absolute atomic E-state index is 0.0106. The molecule has 8 nitrogen and oxygen atoms in total. The van der Waals surface area contributed by atoms with Gasteiger partial charge in [-0.25, -0.2) is 14.3 Å². The van der Waals surface area contributed by atoms with Crippen molar-refractivity contribution in [2.45, 2.75) is 12.8 Å². The lowest BCUT2D eigenvalue weighted by Gasteiger charge is -2.15. The van der Waals surface area contributed by atoms with Crippen LogP contribution in [0.1, 0.15) is 33.7 Å². The average Bonchev–Trinajstić information content (AvgIpc) is 3.52. The van der Waals surface area contributed by atoms with Crippen LogP contribution in [0.5, 0.6) is 5.75 Å². The number of rotatable bonds is 8. The van der Waals surface area contributed by atoms with Crippen LogP contribution in [-0.2, 0) is 9.47 Å². The molecule has 1 aliphatic heterocycles. The predicted octanol–water partition coefficient (Wildman–Crippen LogP) is 3.59. The first-order valence-electron chi connectivity index (χ1n) is 10.9. The van der Waals surface area contributed by atoms with E-state index < -0.39 is 11.9 Å². The van der Waals surface area contributed by atoms with Gasteiger partial charge in [0, 0.05) is 12.1 Å². The number of hydrogen-bond acceptors (Lipinski definition) is 7. The van der Waals surface area contributed by atoms with Gasteiger partial charge in [-0.2, -0.15) is 5.10 Å². The summed E-state index contributed by atoms with van der Waals surface area (Å²) in [6.07, 6.45) is 2.50. The lowest BCUT2D eigenvalue weighted by molar-refractivity contribution is 0.0549. The molecule has 1 aliphatic rings. The standard InChI is InChI=1S/C25H27N3O5/c1-31-24(29)21-22(26-28(23(21)25(30)32-2)19-8-4-3-5-9-19)18-10-12-20(13-11-18)33-17-16-27-14-6-7-15-27/h3-5,8-13H,6-7,14-17H2,1-2H3. The van der Waals surface area contributed by atoms with Gasteiger partial charge in [-0.3, -0.25) is 4.90 Å². The first-order valence-corrected chi connectivity index (χ1v) is 10.9. The number of para-hydroxylation sites is 1. The molecule has 1 fully saturated rings. The summed E-state index contributed by atoms with van der Waals surface area (Å²) in [5.41, 5.74) is 1.67. The van der Waals surface area contributed by atoms with Crippen LogP contribution < -0.4 is 4.74 Å².